The highest BCUT2D eigenvalue weighted by Crippen LogP contribution is 2.21. The van der Waals surface area contributed by atoms with Crippen LogP contribution in [0.15, 0.2) is 18.3 Å². The number of rotatable bonds is 1. The van der Waals surface area contributed by atoms with E-state index in [1.54, 1.807) is 11.8 Å². The van der Waals surface area contributed by atoms with E-state index in [-0.39, 0.29) is 11.6 Å². The third-order valence-electron chi connectivity index (χ3n) is 2.91. The van der Waals surface area contributed by atoms with Gasteiger partial charge in [-0.2, -0.15) is 0 Å². The van der Waals surface area contributed by atoms with E-state index < -0.39 is 11.4 Å². The Labute approximate surface area is 99.1 Å². The summed E-state index contributed by atoms with van der Waals surface area (Å²) >= 11 is 0. The lowest BCUT2D eigenvalue weighted by Crippen LogP contribution is -2.48. The van der Waals surface area contributed by atoms with Gasteiger partial charge in [0.1, 0.15) is 11.5 Å². The van der Waals surface area contributed by atoms with E-state index in [2.05, 4.69) is 4.98 Å². The van der Waals surface area contributed by atoms with Crippen molar-refractivity contribution in [2.75, 3.05) is 13.1 Å². The predicted octanol–water partition coefficient (Wildman–Crippen LogP) is 1.21. The van der Waals surface area contributed by atoms with Crippen LogP contribution in [0.25, 0.3) is 0 Å². The molecule has 0 aliphatic carbocycles. The van der Waals surface area contributed by atoms with Crippen molar-refractivity contribution in [1.29, 1.82) is 0 Å². The fourth-order valence-corrected chi connectivity index (χ4v) is 2.06. The summed E-state index contributed by atoms with van der Waals surface area (Å²) in [6.45, 7) is 2.61. The van der Waals surface area contributed by atoms with Gasteiger partial charge in [0, 0.05) is 13.1 Å². The van der Waals surface area contributed by atoms with Crippen LogP contribution in [0.5, 0.6) is 0 Å². The number of piperidine rings is 1. The average Bonchev–Trinajstić information content (AvgIpc) is 2.28. The molecule has 1 fully saturated rings. The highest BCUT2D eigenvalue weighted by molar-refractivity contribution is 5.92. The molecular weight excluding hydrogens is 223 g/mol. The number of hydrogen-bond donors (Lipinski definition) is 1. The molecule has 2 rings (SSSR count). The molecule has 1 amide bonds. The van der Waals surface area contributed by atoms with Crippen LogP contribution in [0.4, 0.5) is 4.39 Å². The van der Waals surface area contributed by atoms with E-state index >= 15 is 0 Å². The molecule has 0 aromatic carbocycles. The number of β-amino-alcohol motifs (C(OH)–C–C–N with tert-alkyl or cyclic N) is 1. The van der Waals surface area contributed by atoms with Crippen molar-refractivity contribution < 1.29 is 14.3 Å². The lowest BCUT2D eigenvalue weighted by molar-refractivity contribution is -0.0109. The first-order chi connectivity index (χ1) is 7.98. The zero-order chi connectivity index (χ0) is 12.5. The van der Waals surface area contributed by atoms with Gasteiger partial charge in [0.15, 0.2) is 0 Å². The monoisotopic (exact) mass is 238 g/mol. The van der Waals surface area contributed by atoms with Crippen LogP contribution in [0.3, 0.4) is 0 Å². The normalized spacial score (nSPS) is 24.8. The summed E-state index contributed by atoms with van der Waals surface area (Å²) in [6.07, 6.45) is 2.48. The van der Waals surface area contributed by atoms with E-state index in [4.69, 9.17) is 0 Å². The fraction of sp³-hybridized carbons (Fsp3) is 0.500. The van der Waals surface area contributed by atoms with Gasteiger partial charge in [0.05, 0.1) is 11.8 Å². The molecule has 92 valence electrons. The maximum Gasteiger partial charge on any atom is 0.272 e. The van der Waals surface area contributed by atoms with E-state index in [0.717, 1.165) is 12.6 Å². The molecule has 1 unspecified atom stereocenters. The molecule has 1 aliphatic heterocycles. The van der Waals surface area contributed by atoms with Crippen molar-refractivity contribution in [3.8, 4) is 0 Å². The summed E-state index contributed by atoms with van der Waals surface area (Å²) in [5.74, 6) is -0.725. The third-order valence-corrected chi connectivity index (χ3v) is 2.91. The van der Waals surface area contributed by atoms with Crippen LogP contribution in [-0.2, 0) is 0 Å². The van der Waals surface area contributed by atoms with Gasteiger partial charge in [0.25, 0.3) is 5.91 Å². The summed E-state index contributed by atoms with van der Waals surface area (Å²) in [4.78, 5) is 17.3. The molecule has 5 heteroatoms. The number of carbonyl (C=O) groups is 1. The van der Waals surface area contributed by atoms with Gasteiger partial charge in [-0.3, -0.25) is 4.79 Å². The van der Waals surface area contributed by atoms with Gasteiger partial charge < -0.3 is 10.0 Å². The highest BCUT2D eigenvalue weighted by Gasteiger charge is 2.31. The standard InChI is InChI=1S/C12H15FN2O2/c1-12(17)5-2-6-15(8-12)11(16)10-4-3-9(13)7-14-10/h3-4,7,17H,2,5-6,8H2,1H3. The molecular formula is C12H15FN2O2. The lowest BCUT2D eigenvalue weighted by Gasteiger charge is -2.36. The summed E-state index contributed by atoms with van der Waals surface area (Å²) in [5, 5.41) is 9.91. The number of nitrogens with zero attached hydrogens (tertiary/aromatic N) is 2. The van der Waals surface area contributed by atoms with Gasteiger partial charge in [-0.1, -0.05) is 0 Å². The number of aromatic nitrogens is 1. The molecule has 0 saturated carbocycles. The van der Waals surface area contributed by atoms with Crippen LogP contribution >= 0.6 is 0 Å². The summed E-state index contributed by atoms with van der Waals surface area (Å²) in [7, 11) is 0. The molecule has 0 spiro atoms. The van der Waals surface area contributed by atoms with Crippen LogP contribution in [0.1, 0.15) is 30.3 Å². The Balaban J connectivity index is 2.12. The first-order valence-corrected chi connectivity index (χ1v) is 5.61. The van der Waals surface area contributed by atoms with Crippen LogP contribution in [0, 0.1) is 5.82 Å². The number of hydrogen-bond acceptors (Lipinski definition) is 3. The Morgan fingerprint density at radius 1 is 1.59 bits per heavy atom. The predicted molar refractivity (Wildman–Crippen MR) is 60.0 cm³/mol. The minimum atomic E-state index is -0.839. The van der Waals surface area contributed by atoms with Crippen molar-refractivity contribution in [2.45, 2.75) is 25.4 Å². The van der Waals surface area contributed by atoms with Gasteiger partial charge in [-0.15, -0.1) is 0 Å². The lowest BCUT2D eigenvalue weighted by atomic mass is 9.95. The Hall–Kier alpha value is -1.49. The largest absolute Gasteiger partial charge is 0.388 e. The summed E-state index contributed by atoms with van der Waals surface area (Å²) in [5.41, 5.74) is -0.627. The van der Waals surface area contributed by atoms with Crippen LogP contribution < -0.4 is 0 Å². The van der Waals surface area contributed by atoms with Crippen molar-refractivity contribution in [1.82, 2.24) is 9.88 Å². The van der Waals surface area contributed by atoms with E-state index in [1.807, 2.05) is 0 Å². The number of halogens is 1. The molecule has 4 nitrogen and oxygen atoms in total. The van der Waals surface area contributed by atoms with E-state index in [0.29, 0.717) is 19.5 Å². The van der Waals surface area contributed by atoms with E-state index in [1.165, 1.54) is 12.1 Å². The van der Waals surface area contributed by atoms with Crippen LogP contribution in [-0.4, -0.2) is 39.6 Å². The second-order valence-corrected chi connectivity index (χ2v) is 4.69. The van der Waals surface area contributed by atoms with Gasteiger partial charge in [-0.25, -0.2) is 9.37 Å². The first-order valence-electron chi connectivity index (χ1n) is 5.61. The van der Waals surface area contributed by atoms with Crippen LogP contribution in [0.2, 0.25) is 0 Å². The summed E-state index contributed by atoms with van der Waals surface area (Å²) < 4.78 is 12.7. The number of pyridine rings is 1. The fourth-order valence-electron chi connectivity index (χ4n) is 2.06. The average molecular weight is 238 g/mol. The zero-order valence-electron chi connectivity index (χ0n) is 9.69. The molecule has 2 heterocycles. The Bertz CT molecular complexity index is 417. The van der Waals surface area contributed by atoms with Gasteiger partial charge >= 0.3 is 0 Å². The molecule has 17 heavy (non-hydrogen) atoms. The number of likely N-dealkylation sites (tertiary alicyclic amines) is 1. The Kier molecular flexibility index (Phi) is 3.11. The second-order valence-electron chi connectivity index (χ2n) is 4.69. The maximum absolute atomic E-state index is 12.7. The van der Waals surface area contributed by atoms with Crippen molar-refractivity contribution >= 4 is 5.91 Å². The number of carbonyl (C=O) groups excluding carboxylic acids is 1. The Morgan fingerprint density at radius 2 is 2.35 bits per heavy atom. The molecule has 1 aromatic rings. The zero-order valence-corrected chi connectivity index (χ0v) is 9.69. The second kappa shape index (κ2) is 4.41. The number of aliphatic hydroxyl groups is 1. The first kappa shape index (κ1) is 12.0. The maximum atomic E-state index is 12.7. The third kappa shape index (κ3) is 2.79. The van der Waals surface area contributed by atoms with Crippen molar-refractivity contribution in [3.05, 3.63) is 29.8 Å². The topological polar surface area (TPSA) is 53.4 Å². The molecule has 1 aromatic heterocycles. The molecule has 1 atom stereocenters. The quantitative estimate of drug-likeness (QED) is 0.800. The molecule has 1 N–H and O–H groups in total. The summed E-state index contributed by atoms with van der Waals surface area (Å²) in [6, 6.07) is 2.57. The molecule has 0 bridgehead atoms. The van der Waals surface area contributed by atoms with E-state index in [9.17, 15) is 14.3 Å². The van der Waals surface area contributed by atoms with Crippen molar-refractivity contribution in [3.63, 3.8) is 0 Å². The van der Waals surface area contributed by atoms with Gasteiger partial charge in [-0.05, 0) is 31.9 Å². The smallest absolute Gasteiger partial charge is 0.272 e. The van der Waals surface area contributed by atoms with Crippen molar-refractivity contribution in [2.24, 2.45) is 0 Å². The Morgan fingerprint density at radius 3 is 2.94 bits per heavy atom. The highest BCUT2D eigenvalue weighted by atomic mass is 19.1. The molecule has 1 aliphatic rings. The molecule has 1 saturated heterocycles. The van der Waals surface area contributed by atoms with Gasteiger partial charge in [0.2, 0.25) is 0 Å². The minimum absolute atomic E-state index is 0.212. The number of amides is 1. The molecule has 0 radical (unpaired) electrons. The SMILES string of the molecule is CC1(O)CCCN(C(=O)c2ccc(F)cn2)C1. The minimum Gasteiger partial charge on any atom is -0.388 e.